The monoisotopic (exact) mass is 657 g/mol. The van der Waals surface area contributed by atoms with Gasteiger partial charge in [-0.25, -0.2) is 4.79 Å². The van der Waals surface area contributed by atoms with Gasteiger partial charge in [-0.3, -0.25) is 18.9 Å². The Morgan fingerprint density at radius 3 is 2.24 bits per heavy atom. The van der Waals surface area contributed by atoms with E-state index in [0.717, 1.165) is 12.8 Å². The minimum Gasteiger partial charge on any atom is -0.379 e. The molecule has 1 saturated heterocycles. The summed E-state index contributed by atoms with van der Waals surface area (Å²) in [5.41, 5.74) is 8.13. The topological polar surface area (TPSA) is 178 Å². The van der Waals surface area contributed by atoms with Gasteiger partial charge >= 0.3 is 13.3 Å². The third-order valence-electron chi connectivity index (χ3n) is 8.08. The Morgan fingerprint density at radius 1 is 1.07 bits per heavy atom. The molecule has 45 heavy (non-hydrogen) atoms. The molecule has 0 spiro atoms. The molecular formula is C31H56N5O8P. The number of rotatable bonds is 26. The zero-order valence-electron chi connectivity index (χ0n) is 27.6. The highest BCUT2D eigenvalue weighted by Crippen LogP contribution is 2.44. The van der Waals surface area contributed by atoms with Crippen LogP contribution in [0.1, 0.15) is 122 Å². The van der Waals surface area contributed by atoms with Crippen LogP contribution in [0.25, 0.3) is 10.4 Å². The summed E-state index contributed by atoms with van der Waals surface area (Å²) in [4.78, 5) is 39.6. The predicted molar refractivity (Wildman–Crippen MR) is 175 cm³/mol. The number of nitrogens with one attached hydrogen (secondary N) is 1. The van der Waals surface area contributed by atoms with Crippen molar-refractivity contribution in [2.24, 2.45) is 5.11 Å². The Bertz CT molecular complexity index is 1170. The third kappa shape index (κ3) is 15.9. The van der Waals surface area contributed by atoms with Gasteiger partial charge in [0.1, 0.15) is 6.23 Å². The highest BCUT2D eigenvalue weighted by molar-refractivity contribution is 7.52. The SMILES string of the molecule is CCCCCCCCCCCCCCCCOCC(CP(=O)(O)OC[C@H]1O[C@@H](n2cc(C)c(=O)[nH]c2=O)C[C@@H]1N=[N+]=[N-])OCC. The summed E-state index contributed by atoms with van der Waals surface area (Å²) >= 11 is 0. The van der Waals surface area contributed by atoms with Crippen LogP contribution in [0.4, 0.5) is 0 Å². The minimum absolute atomic E-state index is 0.133. The lowest BCUT2D eigenvalue weighted by molar-refractivity contribution is -0.0262. The van der Waals surface area contributed by atoms with Gasteiger partial charge in [0.15, 0.2) is 0 Å². The first kappa shape index (κ1) is 39.2. The molecule has 1 aliphatic rings. The van der Waals surface area contributed by atoms with Crippen molar-refractivity contribution in [3.63, 3.8) is 0 Å². The number of hydrogen-bond acceptors (Lipinski definition) is 8. The van der Waals surface area contributed by atoms with E-state index in [1.807, 2.05) is 0 Å². The van der Waals surface area contributed by atoms with E-state index in [1.54, 1.807) is 13.8 Å². The second-order valence-electron chi connectivity index (χ2n) is 12.0. The molecule has 14 heteroatoms. The van der Waals surface area contributed by atoms with E-state index >= 15 is 0 Å². The van der Waals surface area contributed by atoms with Gasteiger partial charge in [-0.1, -0.05) is 95.5 Å². The number of ether oxygens (including phenoxy) is 3. The summed E-state index contributed by atoms with van der Waals surface area (Å²) in [7, 11) is -4.12. The smallest absolute Gasteiger partial charge is 0.330 e. The lowest BCUT2D eigenvalue weighted by Crippen LogP contribution is -2.33. The fourth-order valence-electron chi connectivity index (χ4n) is 5.53. The first-order valence-electron chi connectivity index (χ1n) is 16.9. The summed E-state index contributed by atoms with van der Waals surface area (Å²) in [5, 5.41) is 3.72. The molecule has 0 aromatic carbocycles. The van der Waals surface area contributed by atoms with E-state index in [9.17, 15) is 19.0 Å². The van der Waals surface area contributed by atoms with E-state index in [4.69, 9.17) is 24.3 Å². The molecule has 0 radical (unpaired) electrons. The summed E-state index contributed by atoms with van der Waals surface area (Å²) < 4.78 is 36.8. The van der Waals surface area contributed by atoms with Crippen LogP contribution >= 0.6 is 7.60 Å². The van der Waals surface area contributed by atoms with Crippen LogP contribution in [-0.2, 0) is 23.3 Å². The van der Waals surface area contributed by atoms with E-state index in [1.165, 1.54) is 87.8 Å². The lowest BCUT2D eigenvalue weighted by Gasteiger charge is -2.22. The maximum atomic E-state index is 12.9. The molecule has 0 saturated carbocycles. The Balaban J connectivity index is 1.66. The first-order valence-corrected chi connectivity index (χ1v) is 18.6. The number of H-pyrrole nitrogens is 1. The summed E-state index contributed by atoms with van der Waals surface area (Å²) in [6.07, 6.45) is 16.9. The molecule has 1 aromatic heterocycles. The van der Waals surface area contributed by atoms with Gasteiger partial charge in [0.2, 0.25) is 0 Å². The number of azide groups is 1. The zero-order chi connectivity index (χ0) is 32.9. The highest BCUT2D eigenvalue weighted by atomic mass is 31.2. The summed E-state index contributed by atoms with van der Waals surface area (Å²) in [6.45, 7) is 6.38. The molecule has 258 valence electrons. The van der Waals surface area contributed by atoms with Gasteiger partial charge in [0.05, 0.1) is 37.6 Å². The second kappa shape index (κ2) is 22.5. The first-order chi connectivity index (χ1) is 21.7. The van der Waals surface area contributed by atoms with Crippen LogP contribution < -0.4 is 11.2 Å². The van der Waals surface area contributed by atoms with E-state index < -0.39 is 43.3 Å². The highest BCUT2D eigenvalue weighted by Gasteiger charge is 2.38. The van der Waals surface area contributed by atoms with E-state index in [-0.39, 0.29) is 25.8 Å². The molecule has 1 fully saturated rings. The maximum Gasteiger partial charge on any atom is 0.330 e. The number of aromatic nitrogens is 2. The maximum absolute atomic E-state index is 12.9. The molecule has 0 amide bonds. The molecule has 2 heterocycles. The third-order valence-corrected chi connectivity index (χ3v) is 9.50. The molecule has 1 aliphatic heterocycles. The van der Waals surface area contributed by atoms with Gasteiger partial charge < -0.3 is 23.6 Å². The Kier molecular flexibility index (Phi) is 19.6. The lowest BCUT2D eigenvalue weighted by atomic mass is 10.0. The van der Waals surface area contributed by atoms with Gasteiger partial charge in [0, 0.05) is 36.3 Å². The molecule has 2 N–H and O–H groups in total. The van der Waals surface area contributed by atoms with Crippen molar-refractivity contribution in [3.05, 3.63) is 43.0 Å². The molecule has 2 rings (SSSR count). The fraction of sp³-hybridized carbons (Fsp3) is 0.871. The van der Waals surface area contributed by atoms with Crippen molar-refractivity contribution in [2.75, 3.05) is 32.6 Å². The Hall–Kier alpha value is -1.98. The van der Waals surface area contributed by atoms with Crippen LogP contribution in [0.5, 0.6) is 0 Å². The standard InChI is InChI=1S/C31H56N5O8P/c1-4-6-7-8-9-10-11-12-13-14-15-16-17-18-19-41-22-26(42-5-2)24-45(39,40)43-23-28-27(34-35-32)20-29(44-28)36-21-25(3)30(37)33-31(36)38/h21,26-29H,4-20,22-24H2,1-3H3,(H,39,40)(H,33,37,38)/t26?,27-,28+,29+/m0/s1. The quantitative estimate of drug-likeness (QED) is 0.0354. The van der Waals surface area contributed by atoms with Crippen LogP contribution in [-0.4, -0.2) is 65.3 Å². The molecule has 2 unspecified atom stereocenters. The fourth-order valence-corrected chi connectivity index (χ4v) is 6.74. The van der Waals surface area contributed by atoms with Gasteiger partial charge in [0.25, 0.3) is 5.56 Å². The van der Waals surface area contributed by atoms with Crippen molar-refractivity contribution in [1.29, 1.82) is 0 Å². The molecule has 5 atom stereocenters. The number of unbranched alkanes of at least 4 members (excludes halogenated alkanes) is 13. The largest absolute Gasteiger partial charge is 0.379 e. The van der Waals surface area contributed by atoms with E-state index in [2.05, 4.69) is 21.9 Å². The summed E-state index contributed by atoms with van der Waals surface area (Å²) in [6, 6.07) is -0.740. The van der Waals surface area contributed by atoms with Crippen molar-refractivity contribution in [3.8, 4) is 0 Å². The Morgan fingerprint density at radius 2 is 1.67 bits per heavy atom. The number of aromatic amines is 1. The second-order valence-corrected chi connectivity index (χ2v) is 13.9. The minimum atomic E-state index is -4.12. The predicted octanol–water partition coefficient (Wildman–Crippen LogP) is 6.92. The molecule has 0 aliphatic carbocycles. The number of nitrogens with zero attached hydrogens (tertiary/aromatic N) is 4. The Labute approximate surface area is 267 Å². The number of hydrogen-bond donors (Lipinski definition) is 2. The molecule has 1 aromatic rings. The zero-order valence-corrected chi connectivity index (χ0v) is 28.5. The van der Waals surface area contributed by atoms with Crippen molar-refractivity contribution >= 4 is 7.60 Å². The molecular weight excluding hydrogens is 601 g/mol. The van der Waals surface area contributed by atoms with Crippen molar-refractivity contribution < 1.29 is 28.2 Å². The molecule has 13 nitrogen and oxygen atoms in total. The van der Waals surface area contributed by atoms with Crippen molar-refractivity contribution in [2.45, 2.75) is 142 Å². The normalized spacial score (nSPS) is 20.1. The van der Waals surface area contributed by atoms with Crippen molar-refractivity contribution in [1.82, 2.24) is 9.55 Å². The summed E-state index contributed by atoms with van der Waals surface area (Å²) in [5.74, 6) is 0. The van der Waals surface area contributed by atoms with Gasteiger partial charge in [-0.05, 0) is 25.8 Å². The molecule has 0 bridgehead atoms. The van der Waals surface area contributed by atoms with Crippen LogP contribution in [0.2, 0.25) is 0 Å². The van der Waals surface area contributed by atoms with Gasteiger partial charge in [-0.15, -0.1) is 0 Å². The van der Waals surface area contributed by atoms with E-state index in [0.29, 0.717) is 18.8 Å². The van der Waals surface area contributed by atoms with Crippen LogP contribution in [0.3, 0.4) is 0 Å². The number of aryl methyl sites for hydroxylation is 1. The van der Waals surface area contributed by atoms with Gasteiger partial charge in [-0.2, -0.15) is 0 Å². The average Bonchev–Trinajstić information content (AvgIpc) is 3.40. The van der Waals surface area contributed by atoms with Crippen LogP contribution in [0, 0.1) is 6.92 Å². The average molecular weight is 658 g/mol. The van der Waals surface area contributed by atoms with Crippen LogP contribution in [0.15, 0.2) is 20.9 Å².